The molecule has 0 spiro atoms. The highest BCUT2D eigenvalue weighted by Gasteiger charge is 2.27. The van der Waals surface area contributed by atoms with E-state index in [1.165, 1.54) is 154 Å². The zero-order valence-corrected chi connectivity index (χ0v) is 31.5. The Labute approximate surface area is 274 Å². The topological polar surface area (TPSA) is 27.7 Å². The molecule has 3 nitrogen and oxygen atoms in total. The van der Waals surface area contributed by atoms with Gasteiger partial charge in [-0.25, -0.2) is 0 Å². The second-order valence-electron chi connectivity index (χ2n) is 13.5. The second kappa shape index (κ2) is 35.2. The van der Waals surface area contributed by atoms with Gasteiger partial charge in [0.25, 0.3) is 0 Å². The first-order valence-electron chi connectivity index (χ1n) is 19.9. The van der Waals surface area contributed by atoms with Crippen molar-refractivity contribution in [2.45, 2.75) is 252 Å². The van der Waals surface area contributed by atoms with E-state index >= 15 is 0 Å². The second-order valence-corrected chi connectivity index (χ2v) is 14.6. The summed E-state index contributed by atoms with van der Waals surface area (Å²) in [4.78, 5) is 0. The third-order valence-electron chi connectivity index (χ3n) is 8.98. The summed E-state index contributed by atoms with van der Waals surface area (Å²) < 4.78 is 20.8. The van der Waals surface area contributed by atoms with Gasteiger partial charge in [-0.05, 0) is 38.5 Å². The fourth-order valence-corrected chi connectivity index (χ4v) is 7.45. The van der Waals surface area contributed by atoms with Crippen LogP contribution in [0.25, 0.3) is 0 Å². The molecule has 0 rings (SSSR count). The van der Waals surface area contributed by atoms with Crippen molar-refractivity contribution >= 4 is 8.60 Å². The highest BCUT2D eigenvalue weighted by Crippen LogP contribution is 2.47. The van der Waals surface area contributed by atoms with Gasteiger partial charge in [0.05, 0.1) is 18.3 Å². The Morgan fingerprint density at radius 2 is 0.488 bits per heavy atom. The van der Waals surface area contributed by atoms with E-state index < -0.39 is 8.60 Å². The van der Waals surface area contributed by atoms with E-state index in [1.807, 2.05) is 0 Å². The van der Waals surface area contributed by atoms with Gasteiger partial charge in [-0.15, -0.1) is 0 Å². The van der Waals surface area contributed by atoms with Crippen LogP contribution in [0.15, 0.2) is 0 Å². The monoisotopic (exact) mass is 629 g/mol. The summed E-state index contributed by atoms with van der Waals surface area (Å²) in [6.45, 7) is 13.8. The lowest BCUT2D eigenvalue weighted by Crippen LogP contribution is -2.20. The van der Waals surface area contributed by atoms with E-state index in [4.69, 9.17) is 13.6 Å². The number of hydrogen-bond donors (Lipinski definition) is 0. The van der Waals surface area contributed by atoms with Crippen LogP contribution in [0.4, 0.5) is 0 Å². The predicted molar refractivity (Wildman–Crippen MR) is 194 cm³/mol. The molecule has 0 aliphatic carbocycles. The fourth-order valence-electron chi connectivity index (χ4n) is 5.94. The largest absolute Gasteiger partial charge is 0.333 e. The lowest BCUT2D eigenvalue weighted by Gasteiger charge is -2.30. The Morgan fingerprint density at radius 1 is 0.279 bits per heavy atom. The summed E-state index contributed by atoms with van der Waals surface area (Å²) in [5.74, 6) is 0. The van der Waals surface area contributed by atoms with Gasteiger partial charge >= 0.3 is 8.60 Å². The van der Waals surface area contributed by atoms with Crippen LogP contribution >= 0.6 is 8.60 Å². The molecule has 0 heterocycles. The summed E-state index contributed by atoms with van der Waals surface area (Å²) in [5.41, 5.74) is 0. The maximum atomic E-state index is 6.94. The third kappa shape index (κ3) is 29.5. The first-order chi connectivity index (χ1) is 21.1. The van der Waals surface area contributed by atoms with Crippen molar-refractivity contribution in [2.75, 3.05) is 0 Å². The zero-order valence-electron chi connectivity index (χ0n) is 30.6. The SMILES string of the molecule is CCCCCCCCC(CCCC)OP(OC(CCCC)CCCCCCCC)OC(CCCC)CCCCCCCC. The van der Waals surface area contributed by atoms with Crippen molar-refractivity contribution < 1.29 is 13.6 Å². The minimum absolute atomic E-state index is 0.277. The van der Waals surface area contributed by atoms with Gasteiger partial charge in [-0.3, -0.25) is 0 Å². The minimum atomic E-state index is -1.32. The van der Waals surface area contributed by atoms with E-state index in [1.54, 1.807) is 0 Å². The molecule has 0 fully saturated rings. The Hall–Kier alpha value is 0.310. The van der Waals surface area contributed by atoms with Gasteiger partial charge in [0.2, 0.25) is 0 Å². The highest BCUT2D eigenvalue weighted by atomic mass is 31.2. The standard InChI is InChI=1S/C39H81O3P/c1-7-13-19-22-25-28-34-37(31-16-10-4)40-43(41-38(32-17-11-5)35-29-26-23-20-14-8-2)42-39(33-18-12-6)36-30-27-24-21-15-9-3/h37-39H,7-36H2,1-6H3. The predicted octanol–water partition coefficient (Wildman–Crippen LogP) is 15.2. The Bertz CT molecular complexity index is 445. The lowest BCUT2D eigenvalue weighted by atomic mass is 10.0. The molecule has 260 valence electrons. The number of rotatable bonds is 36. The van der Waals surface area contributed by atoms with Crippen LogP contribution in [-0.2, 0) is 13.6 Å². The summed E-state index contributed by atoms with van der Waals surface area (Å²) in [6, 6.07) is 0. The van der Waals surface area contributed by atoms with Crippen molar-refractivity contribution in [2.24, 2.45) is 0 Å². The Morgan fingerprint density at radius 3 is 0.744 bits per heavy atom. The molecule has 0 N–H and O–H groups in total. The van der Waals surface area contributed by atoms with Crippen LogP contribution in [0, 0.1) is 0 Å². The van der Waals surface area contributed by atoms with Gasteiger partial charge in [-0.2, -0.15) is 0 Å². The molecule has 0 aromatic rings. The maximum absolute atomic E-state index is 6.94. The molecule has 0 aliphatic heterocycles. The summed E-state index contributed by atoms with van der Waals surface area (Å²) >= 11 is 0. The van der Waals surface area contributed by atoms with Gasteiger partial charge in [0.1, 0.15) is 0 Å². The molecule has 0 aromatic heterocycles. The molecule has 43 heavy (non-hydrogen) atoms. The van der Waals surface area contributed by atoms with E-state index in [0.717, 1.165) is 38.5 Å². The molecule has 0 aromatic carbocycles. The molecule has 0 aliphatic rings. The molecule has 3 atom stereocenters. The van der Waals surface area contributed by atoms with Crippen molar-refractivity contribution in [1.29, 1.82) is 0 Å². The molecular weight excluding hydrogens is 547 g/mol. The van der Waals surface area contributed by atoms with E-state index in [-0.39, 0.29) is 18.3 Å². The third-order valence-corrected chi connectivity index (χ3v) is 10.4. The minimum Gasteiger partial charge on any atom is -0.309 e. The van der Waals surface area contributed by atoms with Crippen LogP contribution < -0.4 is 0 Å². The summed E-state index contributed by atoms with van der Waals surface area (Å²) in [6.07, 6.45) is 39.2. The normalized spacial score (nSPS) is 14.7. The van der Waals surface area contributed by atoms with Gasteiger partial charge in [-0.1, -0.05) is 196 Å². The van der Waals surface area contributed by atoms with Crippen molar-refractivity contribution in [1.82, 2.24) is 0 Å². The van der Waals surface area contributed by atoms with Crippen molar-refractivity contribution in [3.05, 3.63) is 0 Å². The smallest absolute Gasteiger partial charge is 0.309 e. The highest BCUT2D eigenvalue weighted by molar-refractivity contribution is 7.41. The molecule has 0 saturated carbocycles. The van der Waals surface area contributed by atoms with Crippen LogP contribution in [0.2, 0.25) is 0 Å². The van der Waals surface area contributed by atoms with Gasteiger partial charge in [0, 0.05) is 0 Å². The first-order valence-corrected chi connectivity index (χ1v) is 21.0. The molecule has 4 heteroatoms. The van der Waals surface area contributed by atoms with Crippen LogP contribution in [0.1, 0.15) is 234 Å². The first kappa shape index (κ1) is 43.3. The van der Waals surface area contributed by atoms with Gasteiger partial charge in [0.15, 0.2) is 0 Å². The van der Waals surface area contributed by atoms with Crippen LogP contribution in [-0.4, -0.2) is 18.3 Å². The average Bonchev–Trinajstić information content (AvgIpc) is 3.01. The molecular formula is C39H81O3P. The van der Waals surface area contributed by atoms with Crippen LogP contribution in [0.3, 0.4) is 0 Å². The maximum Gasteiger partial charge on any atom is 0.333 e. The molecule has 0 radical (unpaired) electrons. The van der Waals surface area contributed by atoms with Crippen molar-refractivity contribution in [3.63, 3.8) is 0 Å². The Kier molecular flexibility index (Phi) is 35.4. The molecule has 0 bridgehead atoms. The molecule has 0 amide bonds. The quantitative estimate of drug-likeness (QED) is 0.0510. The number of hydrogen-bond acceptors (Lipinski definition) is 3. The van der Waals surface area contributed by atoms with E-state index in [2.05, 4.69) is 41.5 Å². The van der Waals surface area contributed by atoms with Gasteiger partial charge < -0.3 is 13.6 Å². The molecule has 3 unspecified atom stereocenters. The Balaban J connectivity index is 5.46. The summed E-state index contributed by atoms with van der Waals surface area (Å²) in [7, 11) is -1.32. The number of unbranched alkanes of at least 4 members (excludes halogenated alkanes) is 18. The lowest BCUT2D eigenvalue weighted by molar-refractivity contribution is 0.0470. The van der Waals surface area contributed by atoms with E-state index in [0.29, 0.717) is 0 Å². The van der Waals surface area contributed by atoms with E-state index in [9.17, 15) is 0 Å². The van der Waals surface area contributed by atoms with Crippen molar-refractivity contribution in [3.8, 4) is 0 Å². The average molecular weight is 629 g/mol. The van der Waals surface area contributed by atoms with Crippen LogP contribution in [0.5, 0.6) is 0 Å². The molecule has 0 saturated heterocycles. The summed E-state index contributed by atoms with van der Waals surface area (Å²) in [5, 5.41) is 0. The fraction of sp³-hybridized carbons (Fsp3) is 1.00. The zero-order chi connectivity index (χ0) is 31.6.